The van der Waals surface area contributed by atoms with E-state index in [9.17, 15) is 4.79 Å². The lowest BCUT2D eigenvalue weighted by Crippen LogP contribution is -2.34. The number of aromatic nitrogens is 3. The van der Waals surface area contributed by atoms with Crippen molar-refractivity contribution in [2.75, 3.05) is 11.9 Å². The van der Waals surface area contributed by atoms with Crippen LogP contribution < -0.4 is 10.6 Å². The van der Waals surface area contributed by atoms with Crippen molar-refractivity contribution in [2.45, 2.75) is 13.0 Å². The van der Waals surface area contributed by atoms with Gasteiger partial charge in [0.25, 0.3) is 5.91 Å². The van der Waals surface area contributed by atoms with Gasteiger partial charge in [-0.15, -0.1) is 11.3 Å². The maximum Gasteiger partial charge on any atom is 0.263 e. The molecule has 1 atom stereocenters. The van der Waals surface area contributed by atoms with Crippen molar-refractivity contribution >= 4 is 55.5 Å². The molecule has 0 saturated heterocycles. The van der Waals surface area contributed by atoms with Gasteiger partial charge < -0.3 is 10.6 Å². The summed E-state index contributed by atoms with van der Waals surface area (Å²) in [4.78, 5) is 26.1. The van der Waals surface area contributed by atoms with Crippen LogP contribution in [-0.2, 0) is 0 Å². The van der Waals surface area contributed by atoms with Crippen LogP contribution in [0.2, 0.25) is 5.28 Å². The molecule has 1 amide bonds. The number of thiophene rings is 1. The van der Waals surface area contributed by atoms with Gasteiger partial charge in [0.2, 0.25) is 5.28 Å². The van der Waals surface area contributed by atoms with Gasteiger partial charge in [0, 0.05) is 34.3 Å². The Kier molecular flexibility index (Phi) is 3.73. The zero-order valence-electron chi connectivity index (χ0n) is 14.3. The van der Waals surface area contributed by atoms with Gasteiger partial charge in [0.05, 0.1) is 22.6 Å². The first-order chi connectivity index (χ1) is 13.1. The molecule has 0 radical (unpaired) electrons. The largest absolute Gasteiger partial charge is 0.381 e. The Bertz CT molecular complexity index is 1220. The molecule has 4 aromatic rings. The SMILES string of the molecule is C[C@@H]1CNc2c(sc3ccc4nc(-c5ccnc(Cl)n5)ccc4c23)C(=O)N1. The Morgan fingerprint density at radius 3 is 2.85 bits per heavy atom. The molecule has 3 aromatic heterocycles. The summed E-state index contributed by atoms with van der Waals surface area (Å²) >= 11 is 7.40. The van der Waals surface area contributed by atoms with E-state index in [1.54, 1.807) is 12.3 Å². The molecule has 1 aromatic carbocycles. The van der Waals surface area contributed by atoms with Gasteiger partial charge in [-0.05, 0) is 48.9 Å². The van der Waals surface area contributed by atoms with E-state index in [1.807, 2.05) is 31.2 Å². The van der Waals surface area contributed by atoms with Crippen LogP contribution in [0.5, 0.6) is 0 Å². The minimum atomic E-state index is -0.0305. The van der Waals surface area contributed by atoms with Crippen molar-refractivity contribution in [3.63, 3.8) is 0 Å². The van der Waals surface area contributed by atoms with E-state index < -0.39 is 0 Å². The number of hydrogen-bond acceptors (Lipinski definition) is 6. The number of halogens is 1. The summed E-state index contributed by atoms with van der Waals surface area (Å²) in [5.41, 5.74) is 3.14. The van der Waals surface area contributed by atoms with Crippen molar-refractivity contribution in [1.29, 1.82) is 0 Å². The molecule has 2 N–H and O–H groups in total. The maximum atomic E-state index is 12.5. The summed E-state index contributed by atoms with van der Waals surface area (Å²) in [6.45, 7) is 2.67. The predicted octanol–water partition coefficient (Wildman–Crippen LogP) is 4.10. The predicted molar refractivity (Wildman–Crippen MR) is 109 cm³/mol. The molecule has 0 saturated carbocycles. The fourth-order valence-electron chi connectivity index (χ4n) is 3.35. The van der Waals surface area contributed by atoms with Crippen LogP contribution in [-0.4, -0.2) is 33.4 Å². The fourth-order valence-corrected chi connectivity index (χ4v) is 4.59. The van der Waals surface area contributed by atoms with Gasteiger partial charge in [0.1, 0.15) is 4.88 Å². The second-order valence-corrected chi connectivity index (χ2v) is 7.86. The van der Waals surface area contributed by atoms with E-state index >= 15 is 0 Å². The Labute approximate surface area is 163 Å². The van der Waals surface area contributed by atoms with Crippen molar-refractivity contribution < 1.29 is 4.79 Å². The van der Waals surface area contributed by atoms with Crippen molar-refractivity contribution in [3.8, 4) is 11.4 Å². The molecule has 27 heavy (non-hydrogen) atoms. The molecule has 5 rings (SSSR count). The minimum absolute atomic E-state index is 0.0305. The highest BCUT2D eigenvalue weighted by molar-refractivity contribution is 7.21. The van der Waals surface area contributed by atoms with Gasteiger partial charge >= 0.3 is 0 Å². The van der Waals surface area contributed by atoms with E-state index in [-0.39, 0.29) is 17.2 Å². The maximum absolute atomic E-state index is 12.5. The third kappa shape index (κ3) is 2.70. The summed E-state index contributed by atoms with van der Waals surface area (Å²) < 4.78 is 1.06. The molecule has 134 valence electrons. The van der Waals surface area contributed by atoms with Gasteiger partial charge in [-0.3, -0.25) is 4.79 Å². The highest BCUT2D eigenvalue weighted by Gasteiger charge is 2.24. The van der Waals surface area contributed by atoms with Gasteiger partial charge in [-0.1, -0.05) is 0 Å². The monoisotopic (exact) mass is 395 g/mol. The zero-order chi connectivity index (χ0) is 18.5. The van der Waals surface area contributed by atoms with E-state index in [0.29, 0.717) is 17.1 Å². The molecule has 8 heteroatoms. The number of carbonyl (C=O) groups excluding carboxylic acids is 1. The average Bonchev–Trinajstić information content (AvgIpc) is 2.98. The van der Waals surface area contributed by atoms with E-state index in [1.165, 1.54) is 11.3 Å². The normalized spacial score (nSPS) is 16.7. The standard InChI is InChI=1S/C19H14ClN5OS/c1-9-8-22-16-15-10-2-3-12(13-6-7-21-19(20)25-13)24-11(10)4-5-14(15)27-17(16)18(26)23-9/h2-7,9,22H,8H2,1H3,(H,23,26)/t9-/m1/s1. The zero-order valence-corrected chi connectivity index (χ0v) is 15.9. The van der Waals surface area contributed by atoms with Crippen molar-refractivity contribution in [1.82, 2.24) is 20.3 Å². The molecular weight excluding hydrogens is 382 g/mol. The van der Waals surface area contributed by atoms with E-state index in [0.717, 1.165) is 32.4 Å². The molecule has 0 fully saturated rings. The Hall–Kier alpha value is -2.77. The third-order valence-corrected chi connectivity index (χ3v) is 5.92. The molecule has 0 bridgehead atoms. The van der Waals surface area contributed by atoms with Crippen LogP contribution in [0.25, 0.3) is 32.4 Å². The molecule has 1 aliphatic rings. The molecule has 4 heterocycles. The van der Waals surface area contributed by atoms with Crippen LogP contribution in [0.3, 0.4) is 0 Å². The van der Waals surface area contributed by atoms with Gasteiger partial charge in [-0.25, -0.2) is 15.0 Å². The van der Waals surface area contributed by atoms with Gasteiger partial charge in [0.15, 0.2) is 0 Å². The number of nitrogens with one attached hydrogen (secondary N) is 2. The van der Waals surface area contributed by atoms with E-state index in [4.69, 9.17) is 16.6 Å². The van der Waals surface area contributed by atoms with Crippen LogP contribution in [0.1, 0.15) is 16.6 Å². The molecular formula is C19H14ClN5OS. The van der Waals surface area contributed by atoms with Crippen molar-refractivity contribution in [2.24, 2.45) is 0 Å². The molecule has 6 nitrogen and oxygen atoms in total. The molecule has 0 aliphatic carbocycles. The number of amides is 1. The topological polar surface area (TPSA) is 79.8 Å². The molecule has 0 unspecified atom stereocenters. The number of pyridine rings is 1. The first kappa shape index (κ1) is 16.4. The summed E-state index contributed by atoms with van der Waals surface area (Å²) in [5.74, 6) is -0.0305. The Balaban J connectivity index is 1.73. The number of nitrogens with zero attached hydrogens (tertiary/aromatic N) is 3. The first-order valence-corrected chi connectivity index (χ1v) is 9.69. The summed E-state index contributed by atoms with van der Waals surface area (Å²) in [5, 5.41) is 8.68. The summed E-state index contributed by atoms with van der Waals surface area (Å²) in [6.07, 6.45) is 1.61. The fraction of sp³-hybridized carbons (Fsp3) is 0.158. The number of benzene rings is 1. The minimum Gasteiger partial charge on any atom is -0.381 e. The molecule has 0 spiro atoms. The average molecular weight is 396 g/mol. The second kappa shape index (κ2) is 6.14. The van der Waals surface area contributed by atoms with Crippen LogP contribution >= 0.6 is 22.9 Å². The van der Waals surface area contributed by atoms with Gasteiger partial charge in [-0.2, -0.15) is 0 Å². The quantitative estimate of drug-likeness (QED) is 0.474. The number of fused-ring (bicyclic) bond motifs is 5. The summed E-state index contributed by atoms with van der Waals surface area (Å²) in [6, 6.07) is 9.79. The lowest BCUT2D eigenvalue weighted by atomic mass is 10.1. The summed E-state index contributed by atoms with van der Waals surface area (Å²) in [7, 11) is 0. The van der Waals surface area contributed by atoms with Crippen LogP contribution in [0.15, 0.2) is 36.5 Å². The van der Waals surface area contributed by atoms with Crippen molar-refractivity contribution in [3.05, 3.63) is 46.7 Å². The molecule has 1 aliphatic heterocycles. The lowest BCUT2D eigenvalue weighted by Gasteiger charge is -2.10. The Morgan fingerprint density at radius 1 is 1.15 bits per heavy atom. The first-order valence-electron chi connectivity index (χ1n) is 8.50. The lowest BCUT2D eigenvalue weighted by molar-refractivity contribution is 0.0949. The Morgan fingerprint density at radius 2 is 2.00 bits per heavy atom. The van der Waals surface area contributed by atoms with Crippen LogP contribution in [0, 0.1) is 0 Å². The third-order valence-electron chi connectivity index (χ3n) is 4.58. The second-order valence-electron chi connectivity index (χ2n) is 6.47. The number of carbonyl (C=O) groups is 1. The number of rotatable bonds is 1. The number of anilines is 1. The van der Waals surface area contributed by atoms with E-state index in [2.05, 4.69) is 20.6 Å². The number of hydrogen-bond donors (Lipinski definition) is 2. The highest BCUT2D eigenvalue weighted by Crippen LogP contribution is 2.41. The van der Waals surface area contributed by atoms with Crippen LogP contribution in [0.4, 0.5) is 5.69 Å². The smallest absolute Gasteiger partial charge is 0.263 e. The highest BCUT2D eigenvalue weighted by atomic mass is 35.5.